The molecule has 0 saturated heterocycles. The highest BCUT2D eigenvalue weighted by Crippen LogP contribution is 2.30. The van der Waals surface area contributed by atoms with Crippen molar-refractivity contribution in [3.05, 3.63) is 23.3 Å². The number of phenols is 2. The number of rotatable bonds is 4. The average molecular weight is 232 g/mol. The van der Waals surface area contributed by atoms with Crippen LogP contribution in [0.3, 0.4) is 0 Å². The molecule has 3 N–H and O–H groups in total. The first-order valence-corrected chi connectivity index (χ1v) is 4.54. The number of benzene rings is 1. The second-order valence-electron chi connectivity index (χ2n) is 3.27. The normalized spacial score (nSPS) is 10.4. The molecule has 6 heteroatoms. The molecule has 0 radical (unpaired) electrons. The summed E-state index contributed by atoms with van der Waals surface area (Å²) in [5.41, 5.74) is -0.501. The zero-order chi connectivity index (χ0) is 12.3. The highest BCUT2D eigenvalue weighted by molar-refractivity contribution is 5.66. The van der Waals surface area contributed by atoms with Crippen LogP contribution in [0.1, 0.15) is 18.4 Å². The molecule has 4 nitrogen and oxygen atoms in total. The van der Waals surface area contributed by atoms with Crippen LogP contribution in [0.4, 0.5) is 8.78 Å². The summed E-state index contributed by atoms with van der Waals surface area (Å²) < 4.78 is 26.4. The number of carbonyl (C=O) groups is 1. The van der Waals surface area contributed by atoms with Gasteiger partial charge in [-0.25, -0.2) is 8.78 Å². The Hall–Kier alpha value is -1.85. The molecule has 0 amide bonds. The zero-order valence-corrected chi connectivity index (χ0v) is 8.20. The Morgan fingerprint density at radius 1 is 1.19 bits per heavy atom. The lowest BCUT2D eigenvalue weighted by Gasteiger charge is -2.07. The summed E-state index contributed by atoms with van der Waals surface area (Å²) in [6.07, 6.45) is -0.423. The zero-order valence-electron chi connectivity index (χ0n) is 8.20. The molecule has 0 aromatic heterocycles. The highest BCUT2D eigenvalue weighted by atomic mass is 19.1. The Balaban J connectivity index is 2.90. The number of aliphatic carboxylic acids is 1. The van der Waals surface area contributed by atoms with Crippen LogP contribution in [0.2, 0.25) is 0 Å². The highest BCUT2D eigenvalue weighted by Gasteiger charge is 2.17. The first-order chi connectivity index (χ1) is 7.43. The van der Waals surface area contributed by atoms with Crippen molar-refractivity contribution >= 4 is 5.97 Å². The molecule has 1 aromatic rings. The maximum atomic E-state index is 13.2. The number of aromatic hydroxyl groups is 2. The quantitative estimate of drug-likeness (QED) is 0.739. The number of carboxylic acids is 1. The first kappa shape index (κ1) is 12.2. The Labute approximate surface area is 89.8 Å². The van der Waals surface area contributed by atoms with Crippen molar-refractivity contribution in [1.29, 1.82) is 0 Å². The van der Waals surface area contributed by atoms with Gasteiger partial charge in [0.25, 0.3) is 0 Å². The van der Waals surface area contributed by atoms with E-state index in [1.807, 2.05) is 0 Å². The van der Waals surface area contributed by atoms with E-state index in [4.69, 9.17) is 15.3 Å². The van der Waals surface area contributed by atoms with Crippen molar-refractivity contribution in [2.75, 3.05) is 0 Å². The Morgan fingerprint density at radius 3 is 2.12 bits per heavy atom. The molecule has 0 aliphatic heterocycles. The molecule has 0 bridgehead atoms. The molecule has 0 aliphatic carbocycles. The van der Waals surface area contributed by atoms with Gasteiger partial charge in [-0.05, 0) is 12.8 Å². The van der Waals surface area contributed by atoms with Crippen molar-refractivity contribution in [3.8, 4) is 11.5 Å². The van der Waals surface area contributed by atoms with E-state index >= 15 is 0 Å². The smallest absolute Gasteiger partial charge is 0.303 e. The van der Waals surface area contributed by atoms with Crippen LogP contribution in [-0.2, 0) is 11.2 Å². The third kappa shape index (κ3) is 2.59. The third-order valence-corrected chi connectivity index (χ3v) is 2.07. The molecule has 0 fully saturated rings. The van der Waals surface area contributed by atoms with E-state index < -0.39 is 34.7 Å². The van der Waals surface area contributed by atoms with Crippen molar-refractivity contribution in [2.45, 2.75) is 19.3 Å². The van der Waals surface area contributed by atoms with Crippen LogP contribution in [0.25, 0.3) is 0 Å². The van der Waals surface area contributed by atoms with Crippen molar-refractivity contribution in [2.24, 2.45) is 0 Å². The lowest BCUT2D eigenvalue weighted by Crippen LogP contribution is -2.00. The standard InChI is InChI=1S/C10H10F2O4/c11-9-5(2-1-3-8(15)16)10(12)7(14)4-6(9)13/h4,13-14H,1-3H2,(H,15,16). The van der Waals surface area contributed by atoms with E-state index in [0.29, 0.717) is 6.07 Å². The fourth-order valence-electron chi connectivity index (χ4n) is 1.30. The summed E-state index contributed by atoms with van der Waals surface area (Å²) in [6.45, 7) is 0. The number of carboxylic acid groups (broad SMARTS) is 1. The van der Waals surface area contributed by atoms with Gasteiger partial charge in [-0.15, -0.1) is 0 Å². The fourth-order valence-corrected chi connectivity index (χ4v) is 1.30. The third-order valence-electron chi connectivity index (χ3n) is 2.07. The van der Waals surface area contributed by atoms with Gasteiger partial charge in [0.1, 0.15) is 0 Å². The average Bonchev–Trinajstić information content (AvgIpc) is 2.20. The number of hydrogen-bond acceptors (Lipinski definition) is 3. The van der Waals surface area contributed by atoms with Crippen LogP contribution in [-0.4, -0.2) is 21.3 Å². The van der Waals surface area contributed by atoms with Gasteiger partial charge in [0, 0.05) is 18.1 Å². The minimum Gasteiger partial charge on any atom is -0.505 e. The number of hydrogen-bond donors (Lipinski definition) is 3. The van der Waals surface area contributed by atoms with Crippen LogP contribution in [0.5, 0.6) is 11.5 Å². The van der Waals surface area contributed by atoms with Gasteiger partial charge in [-0.1, -0.05) is 0 Å². The lowest BCUT2D eigenvalue weighted by molar-refractivity contribution is -0.137. The van der Waals surface area contributed by atoms with E-state index in [9.17, 15) is 13.6 Å². The summed E-state index contributed by atoms with van der Waals surface area (Å²) in [5, 5.41) is 26.3. The van der Waals surface area contributed by atoms with Gasteiger partial charge in [-0.3, -0.25) is 4.79 Å². The van der Waals surface area contributed by atoms with E-state index in [1.54, 1.807) is 0 Å². The van der Waals surface area contributed by atoms with Gasteiger partial charge in [0.2, 0.25) is 0 Å². The molecule has 0 unspecified atom stereocenters. The van der Waals surface area contributed by atoms with Crippen LogP contribution in [0.15, 0.2) is 6.07 Å². The summed E-state index contributed by atoms with van der Waals surface area (Å²) in [5.74, 6) is -5.12. The van der Waals surface area contributed by atoms with E-state index in [0.717, 1.165) is 0 Å². The monoisotopic (exact) mass is 232 g/mol. The molecule has 0 atom stereocenters. The lowest BCUT2D eigenvalue weighted by atomic mass is 10.1. The minimum absolute atomic E-state index is 0.0199. The molecular weight excluding hydrogens is 222 g/mol. The van der Waals surface area contributed by atoms with Crippen molar-refractivity contribution in [3.63, 3.8) is 0 Å². The maximum absolute atomic E-state index is 13.2. The molecule has 1 rings (SSSR count). The largest absolute Gasteiger partial charge is 0.505 e. The molecule has 88 valence electrons. The second kappa shape index (κ2) is 4.78. The van der Waals surface area contributed by atoms with E-state index in [-0.39, 0.29) is 19.3 Å². The Morgan fingerprint density at radius 2 is 1.69 bits per heavy atom. The molecule has 16 heavy (non-hydrogen) atoms. The first-order valence-electron chi connectivity index (χ1n) is 4.54. The van der Waals surface area contributed by atoms with E-state index in [1.165, 1.54) is 0 Å². The van der Waals surface area contributed by atoms with Crippen molar-refractivity contribution in [1.82, 2.24) is 0 Å². The topological polar surface area (TPSA) is 77.8 Å². The summed E-state index contributed by atoms with van der Waals surface area (Å²) in [6, 6.07) is 0.561. The predicted octanol–water partition coefficient (Wildman–Crippen LogP) is 1.78. The second-order valence-corrected chi connectivity index (χ2v) is 3.27. The van der Waals surface area contributed by atoms with Gasteiger partial charge in [0.15, 0.2) is 23.1 Å². The molecule has 0 heterocycles. The Kier molecular flexibility index (Phi) is 3.65. The summed E-state index contributed by atoms with van der Waals surface area (Å²) >= 11 is 0. The molecule has 0 aliphatic rings. The fraction of sp³-hybridized carbons (Fsp3) is 0.300. The molecule has 1 aromatic carbocycles. The predicted molar refractivity (Wildman–Crippen MR) is 50.3 cm³/mol. The number of halogens is 2. The molecular formula is C10H10F2O4. The maximum Gasteiger partial charge on any atom is 0.303 e. The Bertz CT molecular complexity index is 392. The molecule has 0 spiro atoms. The van der Waals surface area contributed by atoms with Gasteiger partial charge in [-0.2, -0.15) is 0 Å². The molecule has 0 saturated carbocycles. The van der Waals surface area contributed by atoms with Crippen LogP contribution in [0, 0.1) is 11.6 Å². The van der Waals surface area contributed by atoms with Crippen LogP contribution < -0.4 is 0 Å². The summed E-state index contributed by atoms with van der Waals surface area (Å²) in [4.78, 5) is 10.2. The van der Waals surface area contributed by atoms with Gasteiger partial charge < -0.3 is 15.3 Å². The summed E-state index contributed by atoms with van der Waals surface area (Å²) in [7, 11) is 0. The van der Waals surface area contributed by atoms with Gasteiger partial charge >= 0.3 is 5.97 Å². The number of phenolic OH excluding ortho intramolecular Hbond substituents is 2. The minimum atomic E-state index is -1.17. The van der Waals surface area contributed by atoms with Gasteiger partial charge in [0.05, 0.1) is 0 Å². The van der Waals surface area contributed by atoms with E-state index in [2.05, 4.69) is 0 Å². The van der Waals surface area contributed by atoms with Crippen molar-refractivity contribution < 1.29 is 28.9 Å². The SMILES string of the molecule is O=C(O)CCCc1c(F)c(O)cc(O)c1F. The van der Waals surface area contributed by atoms with Crippen LogP contribution >= 0.6 is 0 Å².